The van der Waals surface area contributed by atoms with Gasteiger partial charge in [-0.25, -0.2) is 0 Å². The Morgan fingerprint density at radius 2 is 2.00 bits per heavy atom. The summed E-state index contributed by atoms with van der Waals surface area (Å²) in [5.41, 5.74) is 0. The Labute approximate surface area is 64.4 Å². The third-order valence-corrected chi connectivity index (χ3v) is 2.87. The van der Waals surface area contributed by atoms with Crippen LogP contribution in [-0.4, -0.2) is 24.5 Å². The lowest BCUT2D eigenvalue weighted by Gasteiger charge is -2.34. The zero-order chi connectivity index (χ0) is 7.56. The Kier molecular flexibility index (Phi) is 2.72. The molecule has 1 unspecified atom stereocenters. The molecule has 0 aromatic heterocycles. The first kappa shape index (κ1) is 8.06. The van der Waals surface area contributed by atoms with Crippen molar-refractivity contribution in [1.29, 1.82) is 0 Å². The molecule has 1 heteroatoms. The summed E-state index contributed by atoms with van der Waals surface area (Å²) in [7, 11) is 0. The number of hydrogen-bond acceptors (Lipinski definition) is 1. The maximum absolute atomic E-state index is 2.55. The summed E-state index contributed by atoms with van der Waals surface area (Å²) in [6, 6.07) is 0. The Morgan fingerprint density at radius 3 is 2.50 bits per heavy atom. The molecule has 0 bridgehead atoms. The summed E-state index contributed by atoms with van der Waals surface area (Å²) in [6.45, 7) is 10.9. The highest BCUT2D eigenvalue weighted by Crippen LogP contribution is 2.21. The molecule has 1 nitrogen and oxygen atoms in total. The topological polar surface area (TPSA) is 3.24 Å². The van der Waals surface area contributed by atoms with E-state index in [0.29, 0.717) is 0 Å². The van der Waals surface area contributed by atoms with Crippen molar-refractivity contribution in [2.24, 2.45) is 11.8 Å². The first-order valence-electron chi connectivity index (χ1n) is 4.46. The van der Waals surface area contributed by atoms with Crippen molar-refractivity contribution in [3.05, 3.63) is 0 Å². The van der Waals surface area contributed by atoms with Crippen LogP contribution in [0.15, 0.2) is 0 Å². The lowest BCUT2D eigenvalue weighted by Crippen LogP contribution is -2.37. The van der Waals surface area contributed by atoms with E-state index in [-0.39, 0.29) is 0 Å². The summed E-state index contributed by atoms with van der Waals surface area (Å²) < 4.78 is 0. The fraction of sp³-hybridized carbons (Fsp3) is 1.00. The number of nitrogens with zero attached hydrogens (tertiary/aromatic N) is 1. The molecule has 0 aromatic rings. The van der Waals surface area contributed by atoms with Crippen molar-refractivity contribution in [3.8, 4) is 0 Å². The largest absolute Gasteiger partial charge is 0.303 e. The first-order chi connectivity index (χ1) is 4.74. The van der Waals surface area contributed by atoms with Crippen LogP contribution in [-0.2, 0) is 0 Å². The molecule has 1 saturated heterocycles. The average Bonchev–Trinajstić information content (AvgIpc) is 1.95. The highest BCUT2D eigenvalue weighted by molar-refractivity contribution is 4.73. The van der Waals surface area contributed by atoms with Gasteiger partial charge in [-0.05, 0) is 31.3 Å². The Hall–Kier alpha value is -0.0400. The van der Waals surface area contributed by atoms with Gasteiger partial charge in [0.1, 0.15) is 0 Å². The fourth-order valence-electron chi connectivity index (χ4n) is 1.64. The van der Waals surface area contributed by atoms with Crippen molar-refractivity contribution in [2.45, 2.75) is 27.2 Å². The molecule has 1 aliphatic rings. The van der Waals surface area contributed by atoms with Crippen molar-refractivity contribution in [2.75, 3.05) is 19.6 Å². The van der Waals surface area contributed by atoms with E-state index >= 15 is 0 Å². The Bertz CT molecular complexity index is 101. The minimum Gasteiger partial charge on any atom is -0.303 e. The van der Waals surface area contributed by atoms with Crippen molar-refractivity contribution >= 4 is 0 Å². The lowest BCUT2D eigenvalue weighted by molar-refractivity contribution is 0.145. The summed E-state index contributed by atoms with van der Waals surface area (Å²) in [4.78, 5) is 2.55. The predicted molar refractivity (Wildman–Crippen MR) is 45.1 cm³/mol. The van der Waals surface area contributed by atoms with Gasteiger partial charge in [0.05, 0.1) is 0 Å². The maximum Gasteiger partial charge on any atom is 0.000946 e. The molecule has 0 amide bonds. The van der Waals surface area contributed by atoms with Gasteiger partial charge in [0.25, 0.3) is 0 Å². The second-order valence-corrected chi connectivity index (χ2v) is 3.64. The van der Waals surface area contributed by atoms with Crippen LogP contribution in [0.3, 0.4) is 0 Å². The van der Waals surface area contributed by atoms with E-state index in [1.165, 1.54) is 26.1 Å². The van der Waals surface area contributed by atoms with Crippen LogP contribution in [0.4, 0.5) is 0 Å². The van der Waals surface area contributed by atoms with Crippen LogP contribution >= 0.6 is 0 Å². The van der Waals surface area contributed by atoms with Gasteiger partial charge >= 0.3 is 0 Å². The third kappa shape index (κ3) is 1.72. The number of likely N-dealkylation sites (tertiary alicyclic amines) is 1. The van der Waals surface area contributed by atoms with Crippen LogP contribution in [0.1, 0.15) is 27.2 Å². The number of piperidine rings is 1. The maximum atomic E-state index is 2.55. The molecule has 1 fully saturated rings. The molecule has 0 aliphatic carbocycles. The monoisotopic (exact) mass is 141 g/mol. The van der Waals surface area contributed by atoms with Crippen LogP contribution < -0.4 is 0 Å². The van der Waals surface area contributed by atoms with E-state index < -0.39 is 0 Å². The molecule has 1 rings (SSSR count). The van der Waals surface area contributed by atoms with Gasteiger partial charge in [0.2, 0.25) is 0 Å². The quantitative estimate of drug-likeness (QED) is 0.540. The molecule has 0 radical (unpaired) electrons. The second kappa shape index (κ2) is 3.38. The molecule has 0 aromatic carbocycles. The molecule has 10 heavy (non-hydrogen) atoms. The van der Waals surface area contributed by atoms with Crippen molar-refractivity contribution in [3.63, 3.8) is 0 Å². The smallest absolute Gasteiger partial charge is 0.000946 e. The van der Waals surface area contributed by atoms with Gasteiger partial charge < -0.3 is 4.90 Å². The van der Waals surface area contributed by atoms with Crippen LogP contribution in [0.25, 0.3) is 0 Å². The van der Waals surface area contributed by atoms with Gasteiger partial charge in [0.15, 0.2) is 0 Å². The summed E-state index contributed by atoms with van der Waals surface area (Å²) in [6.07, 6.45) is 1.40. The Morgan fingerprint density at radius 1 is 1.30 bits per heavy atom. The highest BCUT2D eigenvalue weighted by atomic mass is 15.1. The zero-order valence-electron chi connectivity index (χ0n) is 7.43. The molecule has 60 valence electrons. The van der Waals surface area contributed by atoms with Crippen LogP contribution in [0.5, 0.6) is 0 Å². The second-order valence-electron chi connectivity index (χ2n) is 3.64. The molecule has 0 saturated carbocycles. The molecule has 1 heterocycles. The molecular formula is C9H19N. The highest BCUT2D eigenvalue weighted by Gasteiger charge is 2.20. The average molecular weight is 141 g/mol. The number of hydrogen-bond donors (Lipinski definition) is 0. The standard InChI is InChI=1S/C9H19N/c1-4-10-6-5-8(2)9(3)7-10/h8-9H,4-7H2,1-3H3/t8-,9?/m1/s1. The predicted octanol–water partition coefficient (Wildman–Crippen LogP) is 1.98. The SMILES string of the molecule is CCN1CC[C@@H](C)C(C)C1. The van der Waals surface area contributed by atoms with Gasteiger partial charge in [-0.3, -0.25) is 0 Å². The minimum atomic E-state index is 0.911. The molecule has 1 aliphatic heterocycles. The van der Waals surface area contributed by atoms with Gasteiger partial charge in [-0.15, -0.1) is 0 Å². The summed E-state index contributed by atoms with van der Waals surface area (Å²) in [5, 5.41) is 0. The number of rotatable bonds is 1. The minimum absolute atomic E-state index is 0.911. The van der Waals surface area contributed by atoms with E-state index in [2.05, 4.69) is 25.7 Å². The summed E-state index contributed by atoms with van der Waals surface area (Å²) in [5.74, 6) is 1.86. The van der Waals surface area contributed by atoms with Gasteiger partial charge in [-0.2, -0.15) is 0 Å². The first-order valence-corrected chi connectivity index (χ1v) is 4.46. The van der Waals surface area contributed by atoms with Crippen molar-refractivity contribution in [1.82, 2.24) is 4.90 Å². The van der Waals surface area contributed by atoms with E-state index in [9.17, 15) is 0 Å². The van der Waals surface area contributed by atoms with E-state index in [1.54, 1.807) is 0 Å². The Balaban J connectivity index is 2.33. The summed E-state index contributed by atoms with van der Waals surface area (Å²) >= 11 is 0. The molecular weight excluding hydrogens is 122 g/mol. The van der Waals surface area contributed by atoms with Crippen LogP contribution in [0, 0.1) is 11.8 Å². The fourth-order valence-corrected chi connectivity index (χ4v) is 1.64. The van der Waals surface area contributed by atoms with Gasteiger partial charge in [-0.1, -0.05) is 20.8 Å². The van der Waals surface area contributed by atoms with Gasteiger partial charge in [0, 0.05) is 6.54 Å². The zero-order valence-corrected chi connectivity index (χ0v) is 7.43. The van der Waals surface area contributed by atoms with E-state index in [1.807, 2.05) is 0 Å². The molecule has 0 spiro atoms. The normalized spacial score (nSPS) is 36.3. The third-order valence-electron chi connectivity index (χ3n) is 2.87. The molecule has 2 atom stereocenters. The van der Waals surface area contributed by atoms with Crippen molar-refractivity contribution < 1.29 is 0 Å². The van der Waals surface area contributed by atoms with E-state index in [0.717, 1.165) is 11.8 Å². The van der Waals surface area contributed by atoms with Crippen LogP contribution in [0.2, 0.25) is 0 Å². The lowest BCUT2D eigenvalue weighted by atomic mass is 9.89. The van der Waals surface area contributed by atoms with E-state index in [4.69, 9.17) is 0 Å². The molecule has 0 N–H and O–H groups in total.